The van der Waals surface area contributed by atoms with E-state index in [-0.39, 0.29) is 5.82 Å². The van der Waals surface area contributed by atoms with Crippen LogP contribution in [0.15, 0.2) is 40.9 Å². The molecule has 0 aliphatic rings. The van der Waals surface area contributed by atoms with Crippen LogP contribution >= 0.6 is 0 Å². The van der Waals surface area contributed by atoms with Crippen LogP contribution in [0.2, 0.25) is 0 Å². The van der Waals surface area contributed by atoms with Crippen LogP contribution in [0.5, 0.6) is 0 Å². The molecule has 3 nitrogen and oxygen atoms in total. The van der Waals surface area contributed by atoms with E-state index >= 15 is 0 Å². The molecule has 19 heavy (non-hydrogen) atoms. The summed E-state index contributed by atoms with van der Waals surface area (Å²) in [7, 11) is 0. The van der Waals surface area contributed by atoms with Gasteiger partial charge in [-0.3, -0.25) is 0 Å². The average Bonchev–Trinajstić information content (AvgIpc) is 2.80. The van der Waals surface area contributed by atoms with Gasteiger partial charge >= 0.3 is 0 Å². The number of anilines is 1. The number of rotatable bonds is 2. The van der Waals surface area contributed by atoms with Crippen molar-refractivity contribution in [3.8, 4) is 11.3 Å². The predicted octanol–water partition coefficient (Wildman–Crippen LogP) is 3.78. The summed E-state index contributed by atoms with van der Waals surface area (Å²) in [5, 5.41) is 5.40. The van der Waals surface area contributed by atoms with Gasteiger partial charge in [0.25, 0.3) is 0 Å². The minimum absolute atomic E-state index is 0.242. The van der Waals surface area contributed by atoms with Gasteiger partial charge in [0.05, 0.1) is 0 Å². The fraction of sp³-hybridized carbons (Fsp3) is 0.133. The number of hydrogen-bond acceptors (Lipinski definition) is 3. The van der Waals surface area contributed by atoms with Crippen molar-refractivity contribution in [1.29, 1.82) is 0 Å². The first-order chi connectivity index (χ1) is 9.22. The molecule has 0 amide bonds. The van der Waals surface area contributed by atoms with Crippen LogP contribution in [0.3, 0.4) is 0 Å². The van der Waals surface area contributed by atoms with Gasteiger partial charge in [0, 0.05) is 16.5 Å². The lowest BCUT2D eigenvalue weighted by Crippen LogP contribution is -1.91. The van der Waals surface area contributed by atoms with Crippen LogP contribution in [0, 0.1) is 5.82 Å². The summed E-state index contributed by atoms with van der Waals surface area (Å²) in [6, 6.07) is 10.5. The minimum atomic E-state index is -0.242. The summed E-state index contributed by atoms with van der Waals surface area (Å²) in [4.78, 5) is 0. The Hall–Kier alpha value is -2.36. The summed E-state index contributed by atoms with van der Waals surface area (Å²) < 4.78 is 18.9. The van der Waals surface area contributed by atoms with Crippen LogP contribution in [0.4, 0.5) is 10.3 Å². The quantitative estimate of drug-likeness (QED) is 0.759. The number of fused-ring (bicyclic) bond motifs is 1. The van der Waals surface area contributed by atoms with Crippen LogP contribution < -0.4 is 5.73 Å². The number of benzene rings is 2. The monoisotopic (exact) mass is 256 g/mol. The lowest BCUT2D eigenvalue weighted by atomic mass is 9.98. The first kappa shape index (κ1) is 11.7. The summed E-state index contributed by atoms with van der Waals surface area (Å²) >= 11 is 0. The fourth-order valence-corrected chi connectivity index (χ4v) is 2.34. The molecule has 4 heteroatoms. The molecule has 0 spiro atoms. The van der Waals surface area contributed by atoms with Crippen molar-refractivity contribution < 1.29 is 8.91 Å². The molecular formula is C15H13FN2O. The third-order valence-corrected chi connectivity index (χ3v) is 3.30. The molecule has 1 heterocycles. The molecule has 0 aliphatic heterocycles. The number of nitrogens with two attached hydrogens (primary N) is 1. The van der Waals surface area contributed by atoms with Gasteiger partial charge in [-0.1, -0.05) is 36.3 Å². The van der Waals surface area contributed by atoms with Gasteiger partial charge in [0.1, 0.15) is 11.5 Å². The highest BCUT2D eigenvalue weighted by Gasteiger charge is 2.16. The molecule has 0 unspecified atom stereocenters. The van der Waals surface area contributed by atoms with Crippen molar-refractivity contribution in [3.05, 3.63) is 47.8 Å². The Morgan fingerprint density at radius 3 is 2.63 bits per heavy atom. The highest BCUT2D eigenvalue weighted by Crippen LogP contribution is 2.33. The number of nitrogens with zero attached hydrogens (tertiary/aromatic N) is 1. The van der Waals surface area contributed by atoms with Crippen LogP contribution in [-0.4, -0.2) is 5.16 Å². The Morgan fingerprint density at radius 2 is 1.89 bits per heavy atom. The summed E-state index contributed by atoms with van der Waals surface area (Å²) in [6.07, 6.45) is 0.719. The Kier molecular flexibility index (Phi) is 2.71. The van der Waals surface area contributed by atoms with Gasteiger partial charge < -0.3 is 10.3 Å². The highest BCUT2D eigenvalue weighted by molar-refractivity contribution is 5.97. The zero-order valence-corrected chi connectivity index (χ0v) is 10.5. The average molecular weight is 256 g/mol. The number of aromatic nitrogens is 1. The van der Waals surface area contributed by atoms with Gasteiger partial charge in [0.2, 0.25) is 5.88 Å². The first-order valence-corrected chi connectivity index (χ1v) is 6.14. The lowest BCUT2D eigenvalue weighted by molar-refractivity contribution is 0.438. The second-order valence-corrected chi connectivity index (χ2v) is 4.37. The molecule has 96 valence electrons. The summed E-state index contributed by atoms with van der Waals surface area (Å²) in [6.45, 7) is 1.98. The van der Waals surface area contributed by atoms with Gasteiger partial charge in [-0.15, -0.1) is 0 Å². The van der Waals surface area contributed by atoms with E-state index in [9.17, 15) is 4.39 Å². The van der Waals surface area contributed by atoms with Crippen molar-refractivity contribution in [2.75, 3.05) is 5.73 Å². The zero-order chi connectivity index (χ0) is 13.4. The molecule has 2 N–H and O–H groups in total. The summed E-state index contributed by atoms with van der Waals surface area (Å²) in [5.74, 6) is 0.0831. The maximum Gasteiger partial charge on any atom is 0.225 e. The normalized spacial score (nSPS) is 11.1. The SMILES string of the molecule is CCc1c(-c2ccc(F)c3ccccc23)noc1N. The Morgan fingerprint density at radius 1 is 1.16 bits per heavy atom. The topological polar surface area (TPSA) is 52.0 Å². The second kappa shape index (κ2) is 4.39. The molecule has 3 aromatic rings. The van der Waals surface area contributed by atoms with E-state index < -0.39 is 0 Å². The largest absolute Gasteiger partial charge is 0.367 e. The van der Waals surface area contributed by atoms with Gasteiger partial charge in [0.15, 0.2) is 0 Å². The Balaban J connectivity index is 2.34. The third-order valence-electron chi connectivity index (χ3n) is 3.30. The summed E-state index contributed by atoms with van der Waals surface area (Å²) in [5.41, 5.74) is 8.15. The number of nitrogen functional groups attached to an aromatic ring is 1. The number of hydrogen-bond donors (Lipinski definition) is 1. The lowest BCUT2D eigenvalue weighted by Gasteiger charge is -2.06. The van der Waals surface area contributed by atoms with Crippen LogP contribution in [0.1, 0.15) is 12.5 Å². The molecule has 0 aliphatic carbocycles. The van der Waals surface area contributed by atoms with Crippen molar-refractivity contribution in [3.63, 3.8) is 0 Å². The van der Waals surface area contributed by atoms with Crippen molar-refractivity contribution in [2.24, 2.45) is 0 Å². The van der Waals surface area contributed by atoms with Crippen molar-refractivity contribution in [1.82, 2.24) is 5.16 Å². The fourth-order valence-electron chi connectivity index (χ4n) is 2.34. The maximum atomic E-state index is 13.8. The Bertz CT molecular complexity index is 749. The predicted molar refractivity (Wildman–Crippen MR) is 73.2 cm³/mol. The maximum absolute atomic E-state index is 13.8. The van der Waals surface area contributed by atoms with Gasteiger partial charge in [-0.2, -0.15) is 0 Å². The standard InChI is InChI=1S/C15H13FN2O/c1-2-9-14(18-19-15(9)17)12-7-8-13(16)11-6-4-3-5-10(11)12/h3-8H,2,17H2,1H3. The third kappa shape index (κ3) is 1.76. The number of halogens is 1. The molecule has 0 atom stereocenters. The van der Waals surface area contributed by atoms with Crippen molar-refractivity contribution in [2.45, 2.75) is 13.3 Å². The first-order valence-electron chi connectivity index (χ1n) is 6.14. The van der Waals surface area contributed by atoms with Crippen LogP contribution in [-0.2, 0) is 6.42 Å². The molecule has 0 saturated carbocycles. The highest BCUT2D eigenvalue weighted by atomic mass is 19.1. The molecule has 0 saturated heterocycles. The van der Waals surface area contributed by atoms with E-state index in [1.165, 1.54) is 6.07 Å². The molecule has 3 rings (SSSR count). The smallest absolute Gasteiger partial charge is 0.225 e. The van der Waals surface area contributed by atoms with Crippen molar-refractivity contribution >= 4 is 16.7 Å². The van der Waals surface area contributed by atoms with E-state index in [1.54, 1.807) is 12.1 Å². The van der Waals surface area contributed by atoms with E-state index in [4.69, 9.17) is 10.3 Å². The van der Waals surface area contributed by atoms with E-state index in [1.807, 2.05) is 25.1 Å². The van der Waals surface area contributed by atoms with E-state index in [0.717, 1.165) is 22.9 Å². The Labute approximate surface area is 109 Å². The van der Waals surface area contributed by atoms with Crippen LogP contribution in [0.25, 0.3) is 22.0 Å². The molecular weight excluding hydrogens is 243 g/mol. The second-order valence-electron chi connectivity index (χ2n) is 4.37. The minimum Gasteiger partial charge on any atom is -0.367 e. The zero-order valence-electron chi connectivity index (χ0n) is 10.5. The molecule has 2 aromatic carbocycles. The van der Waals surface area contributed by atoms with E-state index in [2.05, 4.69) is 5.16 Å². The molecule has 0 radical (unpaired) electrons. The molecule has 0 fully saturated rings. The molecule has 0 bridgehead atoms. The van der Waals surface area contributed by atoms with Gasteiger partial charge in [-0.05, 0) is 23.9 Å². The molecule has 1 aromatic heterocycles. The van der Waals surface area contributed by atoms with E-state index in [0.29, 0.717) is 17.0 Å². The van der Waals surface area contributed by atoms with Gasteiger partial charge in [-0.25, -0.2) is 4.39 Å².